The molecule has 5 nitrogen and oxygen atoms in total. The van der Waals surface area contributed by atoms with Crippen LogP contribution >= 0.6 is 0 Å². The van der Waals surface area contributed by atoms with Gasteiger partial charge >= 0.3 is 0 Å². The quantitative estimate of drug-likeness (QED) is 0.833. The van der Waals surface area contributed by atoms with E-state index < -0.39 is 6.04 Å². The fraction of sp³-hybridized carbons (Fsp3) is 0.857. The number of piperazine rings is 1. The molecule has 2 aliphatic heterocycles. The summed E-state index contributed by atoms with van der Waals surface area (Å²) in [6, 6.07) is -0.777. The Hall–Kier alpha value is -1.10. The molecule has 5 heteroatoms. The van der Waals surface area contributed by atoms with E-state index in [4.69, 9.17) is 4.74 Å². The van der Waals surface area contributed by atoms with Gasteiger partial charge in [-0.15, -0.1) is 0 Å². The molecule has 2 saturated heterocycles. The van der Waals surface area contributed by atoms with Gasteiger partial charge < -0.3 is 15.0 Å². The van der Waals surface area contributed by atoms with Crippen molar-refractivity contribution in [2.75, 3.05) is 6.54 Å². The first-order chi connectivity index (χ1) is 8.84. The van der Waals surface area contributed by atoms with Gasteiger partial charge in [0.25, 0.3) is 0 Å². The van der Waals surface area contributed by atoms with Crippen LogP contribution in [0, 0.1) is 0 Å². The second-order valence-corrected chi connectivity index (χ2v) is 6.18. The molecule has 2 rings (SSSR count). The lowest BCUT2D eigenvalue weighted by molar-refractivity contribution is -0.151. The van der Waals surface area contributed by atoms with Crippen LogP contribution in [0.3, 0.4) is 0 Å². The first-order valence-corrected chi connectivity index (χ1v) is 7.12. The van der Waals surface area contributed by atoms with Crippen molar-refractivity contribution in [3.8, 4) is 0 Å². The van der Waals surface area contributed by atoms with E-state index in [0.717, 1.165) is 12.8 Å². The summed E-state index contributed by atoms with van der Waals surface area (Å²) < 4.78 is 5.94. The molecule has 3 atom stereocenters. The fourth-order valence-electron chi connectivity index (χ4n) is 2.96. The molecule has 2 heterocycles. The van der Waals surface area contributed by atoms with E-state index in [9.17, 15) is 9.59 Å². The third kappa shape index (κ3) is 2.91. The maximum absolute atomic E-state index is 12.2. The third-order valence-electron chi connectivity index (χ3n) is 4.03. The molecule has 0 spiro atoms. The number of nitrogens with zero attached hydrogens (tertiary/aromatic N) is 1. The first kappa shape index (κ1) is 14.3. The Bertz CT molecular complexity index is 381. The number of hydrogen-bond donors (Lipinski definition) is 1. The van der Waals surface area contributed by atoms with Crippen LogP contribution in [0.4, 0.5) is 0 Å². The zero-order valence-electron chi connectivity index (χ0n) is 12.2. The molecule has 108 valence electrons. The number of amides is 2. The monoisotopic (exact) mass is 268 g/mol. The van der Waals surface area contributed by atoms with E-state index in [1.165, 1.54) is 0 Å². The van der Waals surface area contributed by atoms with Crippen LogP contribution in [0.2, 0.25) is 0 Å². The van der Waals surface area contributed by atoms with Crippen molar-refractivity contribution in [3.63, 3.8) is 0 Å². The minimum absolute atomic E-state index is 0.000226. The van der Waals surface area contributed by atoms with Gasteiger partial charge in [-0.25, -0.2) is 0 Å². The highest BCUT2D eigenvalue weighted by molar-refractivity contribution is 5.96. The molecule has 2 aliphatic rings. The van der Waals surface area contributed by atoms with Gasteiger partial charge in [0, 0.05) is 6.54 Å². The lowest BCUT2D eigenvalue weighted by Crippen LogP contribution is -2.63. The Morgan fingerprint density at radius 3 is 2.63 bits per heavy atom. The summed E-state index contributed by atoms with van der Waals surface area (Å²) in [5.74, 6) is -0.0494. The predicted octanol–water partition coefficient (Wildman–Crippen LogP) is 1.07. The molecule has 19 heavy (non-hydrogen) atoms. The van der Waals surface area contributed by atoms with Gasteiger partial charge in [-0.1, -0.05) is 6.92 Å². The SMILES string of the molecule is CCC1C(=O)NC(C)C(=O)N1CC1CCC(C)(C)O1. The molecule has 3 unspecified atom stereocenters. The molecule has 0 aromatic heterocycles. The second kappa shape index (κ2) is 5.12. The Morgan fingerprint density at radius 2 is 2.11 bits per heavy atom. The summed E-state index contributed by atoms with van der Waals surface area (Å²) in [5, 5.41) is 2.73. The van der Waals surface area contributed by atoms with Crippen LogP contribution in [0.25, 0.3) is 0 Å². The highest BCUT2D eigenvalue weighted by atomic mass is 16.5. The van der Waals surface area contributed by atoms with Crippen molar-refractivity contribution < 1.29 is 14.3 Å². The first-order valence-electron chi connectivity index (χ1n) is 7.12. The van der Waals surface area contributed by atoms with Gasteiger partial charge in [0.15, 0.2) is 0 Å². The van der Waals surface area contributed by atoms with Gasteiger partial charge in [0.05, 0.1) is 11.7 Å². The summed E-state index contributed by atoms with van der Waals surface area (Å²) in [7, 11) is 0. The molecule has 0 aromatic carbocycles. The van der Waals surface area contributed by atoms with Crippen LogP contribution in [-0.4, -0.2) is 47.0 Å². The number of hydrogen-bond acceptors (Lipinski definition) is 3. The van der Waals surface area contributed by atoms with Gasteiger partial charge in [0.1, 0.15) is 12.1 Å². The van der Waals surface area contributed by atoms with Gasteiger partial charge in [-0.05, 0) is 40.0 Å². The van der Waals surface area contributed by atoms with E-state index in [1.54, 1.807) is 11.8 Å². The topological polar surface area (TPSA) is 58.6 Å². The van der Waals surface area contributed by atoms with Crippen molar-refractivity contribution in [3.05, 3.63) is 0 Å². The van der Waals surface area contributed by atoms with E-state index >= 15 is 0 Å². The number of rotatable bonds is 3. The summed E-state index contributed by atoms with van der Waals surface area (Å²) in [6.07, 6.45) is 2.63. The number of carbonyl (C=O) groups excluding carboxylic acids is 2. The summed E-state index contributed by atoms with van der Waals surface area (Å²) in [4.78, 5) is 25.9. The van der Waals surface area contributed by atoms with Crippen molar-refractivity contribution in [2.24, 2.45) is 0 Å². The molecular formula is C14H24N2O3. The molecular weight excluding hydrogens is 244 g/mol. The normalized spacial score (nSPS) is 34.5. The van der Waals surface area contributed by atoms with Crippen LogP contribution < -0.4 is 5.32 Å². The Balaban J connectivity index is 2.07. The fourth-order valence-corrected chi connectivity index (χ4v) is 2.96. The van der Waals surface area contributed by atoms with Gasteiger partial charge in [-0.2, -0.15) is 0 Å². The zero-order valence-corrected chi connectivity index (χ0v) is 12.2. The van der Waals surface area contributed by atoms with E-state index in [0.29, 0.717) is 13.0 Å². The second-order valence-electron chi connectivity index (χ2n) is 6.18. The summed E-state index contributed by atoms with van der Waals surface area (Å²) in [5.41, 5.74) is -0.112. The van der Waals surface area contributed by atoms with Crippen molar-refractivity contribution in [2.45, 2.75) is 70.7 Å². The average molecular weight is 268 g/mol. The maximum Gasteiger partial charge on any atom is 0.245 e. The predicted molar refractivity (Wildman–Crippen MR) is 71.6 cm³/mol. The van der Waals surface area contributed by atoms with Crippen molar-refractivity contribution in [1.29, 1.82) is 0 Å². The average Bonchev–Trinajstić information content (AvgIpc) is 2.66. The maximum atomic E-state index is 12.2. The van der Waals surface area contributed by atoms with Crippen molar-refractivity contribution >= 4 is 11.8 Å². The van der Waals surface area contributed by atoms with E-state index in [2.05, 4.69) is 19.2 Å². The molecule has 0 radical (unpaired) electrons. The smallest absolute Gasteiger partial charge is 0.245 e. The van der Waals surface area contributed by atoms with Crippen molar-refractivity contribution in [1.82, 2.24) is 10.2 Å². The van der Waals surface area contributed by atoms with Crippen LogP contribution in [0.15, 0.2) is 0 Å². The molecule has 0 saturated carbocycles. The van der Waals surface area contributed by atoms with E-state index in [-0.39, 0.29) is 29.6 Å². The minimum atomic E-state index is -0.426. The van der Waals surface area contributed by atoms with Crippen LogP contribution in [0.5, 0.6) is 0 Å². The molecule has 0 aromatic rings. The Kier molecular flexibility index (Phi) is 3.85. The summed E-state index contributed by atoms with van der Waals surface area (Å²) >= 11 is 0. The Labute approximate surface area is 114 Å². The van der Waals surface area contributed by atoms with Gasteiger partial charge in [-0.3, -0.25) is 9.59 Å². The lowest BCUT2D eigenvalue weighted by Gasteiger charge is -2.38. The molecule has 2 amide bonds. The summed E-state index contributed by atoms with van der Waals surface area (Å²) in [6.45, 7) is 8.33. The largest absolute Gasteiger partial charge is 0.371 e. The lowest BCUT2D eigenvalue weighted by atomic mass is 10.0. The van der Waals surface area contributed by atoms with Gasteiger partial charge in [0.2, 0.25) is 11.8 Å². The molecule has 0 aliphatic carbocycles. The Morgan fingerprint density at radius 1 is 1.42 bits per heavy atom. The highest BCUT2D eigenvalue weighted by Crippen LogP contribution is 2.30. The standard InChI is InChI=1S/C14H24N2O3/c1-5-11-12(17)15-9(2)13(18)16(11)8-10-6-7-14(3,4)19-10/h9-11H,5-8H2,1-4H3,(H,15,17). The van der Waals surface area contributed by atoms with Crippen LogP contribution in [0.1, 0.15) is 47.0 Å². The highest BCUT2D eigenvalue weighted by Gasteiger charge is 2.41. The number of carbonyl (C=O) groups is 2. The third-order valence-corrected chi connectivity index (χ3v) is 4.03. The van der Waals surface area contributed by atoms with Crippen LogP contribution in [-0.2, 0) is 14.3 Å². The molecule has 2 fully saturated rings. The zero-order chi connectivity index (χ0) is 14.2. The number of ether oxygens (including phenoxy) is 1. The molecule has 0 bridgehead atoms. The number of nitrogens with one attached hydrogen (secondary N) is 1. The van der Waals surface area contributed by atoms with E-state index in [1.807, 2.05) is 6.92 Å². The molecule has 1 N–H and O–H groups in total. The minimum Gasteiger partial charge on any atom is -0.371 e.